The smallest absolute Gasteiger partial charge is 0.258 e. The van der Waals surface area contributed by atoms with Gasteiger partial charge in [-0.1, -0.05) is 0 Å². The third kappa shape index (κ3) is 2.51. The van der Waals surface area contributed by atoms with Crippen molar-refractivity contribution in [2.45, 2.75) is 12.5 Å². The molecule has 0 saturated carbocycles. The minimum Gasteiger partial charge on any atom is -0.397 e. The van der Waals surface area contributed by atoms with Crippen molar-refractivity contribution in [2.24, 2.45) is 0 Å². The molecular formula is C12H16N4O3. The molecule has 0 bridgehead atoms. The fourth-order valence-electron chi connectivity index (χ4n) is 1.69. The molecule has 0 aliphatic rings. The molecule has 0 fully saturated rings. The van der Waals surface area contributed by atoms with Gasteiger partial charge >= 0.3 is 0 Å². The molecule has 7 heteroatoms. The molecule has 6 N–H and O–H groups in total. The monoisotopic (exact) mass is 264 g/mol. The van der Waals surface area contributed by atoms with Crippen LogP contribution in [0.5, 0.6) is 0 Å². The first-order valence-corrected chi connectivity index (χ1v) is 5.76. The molecule has 7 nitrogen and oxygen atoms in total. The van der Waals surface area contributed by atoms with Crippen LogP contribution in [0.2, 0.25) is 0 Å². The van der Waals surface area contributed by atoms with Crippen molar-refractivity contribution in [2.75, 3.05) is 24.3 Å². The van der Waals surface area contributed by atoms with Gasteiger partial charge in [0.1, 0.15) is 0 Å². The first kappa shape index (κ1) is 13.3. The van der Waals surface area contributed by atoms with Crippen LogP contribution in [-0.2, 0) is 0 Å². The number of fused-ring (bicyclic) bond motifs is 1. The molecule has 0 aliphatic heterocycles. The molecule has 0 atom stereocenters. The maximum absolute atomic E-state index is 11.6. The quantitative estimate of drug-likeness (QED) is 0.481. The Morgan fingerprint density at radius 2 is 2.11 bits per heavy atom. The first-order valence-electron chi connectivity index (χ1n) is 5.76. The van der Waals surface area contributed by atoms with Crippen molar-refractivity contribution in [3.8, 4) is 0 Å². The zero-order valence-electron chi connectivity index (χ0n) is 10.5. The zero-order valence-corrected chi connectivity index (χ0v) is 10.5. The number of hydrogen-bond donors (Lipinski definition) is 5. The van der Waals surface area contributed by atoms with Crippen LogP contribution in [0.25, 0.3) is 10.9 Å². The van der Waals surface area contributed by atoms with Gasteiger partial charge in [0.2, 0.25) is 0 Å². The number of hydrogen-bond acceptors (Lipinski definition) is 6. The molecule has 1 heterocycles. The van der Waals surface area contributed by atoms with Crippen LogP contribution in [0.15, 0.2) is 23.3 Å². The zero-order chi connectivity index (χ0) is 14.0. The minimum atomic E-state index is -0.900. The lowest BCUT2D eigenvalue weighted by Crippen LogP contribution is -2.42. The highest BCUT2D eigenvalue weighted by molar-refractivity contribution is 5.88. The van der Waals surface area contributed by atoms with Crippen molar-refractivity contribution in [1.82, 2.24) is 9.97 Å². The third-order valence-corrected chi connectivity index (χ3v) is 2.95. The fraction of sp³-hybridized carbons (Fsp3) is 0.333. The van der Waals surface area contributed by atoms with Crippen LogP contribution in [0.1, 0.15) is 6.92 Å². The summed E-state index contributed by atoms with van der Waals surface area (Å²) in [4.78, 5) is 18.1. The number of nitrogens with two attached hydrogens (primary N) is 1. The lowest BCUT2D eigenvalue weighted by Gasteiger charge is -2.28. The predicted molar refractivity (Wildman–Crippen MR) is 73.0 cm³/mol. The Balaban J connectivity index is 2.51. The van der Waals surface area contributed by atoms with E-state index in [1.54, 1.807) is 13.0 Å². The van der Waals surface area contributed by atoms with Gasteiger partial charge in [-0.3, -0.25) is 4.79 Å². The molecule has 0 amide bonds. The van der Waals surface area contributed by atoms with E-state index in [1.807, 2.05) is 0 Å². The van der Waals surface area contributed by atoms with Crippen molar-refractivity contribution >= 4 is 22.3 Å². The van der Waals surface area contributed by atoms with Gasteiger partial charge in [-0.05, 0) is 19.1 Å². The summed E-state index contributed by atoms with van der Waals surface area (Å²) in [6.07, 6.45) is 1.31. The van der Waals surface area contributed by atoms with Gasteiger partial charge in [-0.15, -0.1) is 0 Å². The van der Waals surface area contributed by atoms with Crippen molar-refractivity contribution < 1.29 is 10.2 Å². The Morgan fingerprint density at radius 3 is 2.74 bits per heavy atom. The normalized spacial score (nSPS) is 11.7. The van der Waals surface area contributed by atoms with E-state index in [2.05, 4.69) is 15.3 Å². The minimum absolute atomic E-state index is 0.260. The van der Waals surface area contributed by atoms with Gasteiger partial charge < -0.3 is 26.2 Å². The van der Waals surface area contributed by atoms with E-state index < -0.39 is 5.54 Å². The number of aliphatic hydroxyl groups excluding tert-OH is 2. The van der Waals surface area contributed by atoms with Crippen molar-refractivity contribution in [3.05, 3.63) is 28.8 Å². The number of aliphatic hydroxyl groups is 2. The number of anilines is 2. The second-order valence-corrected chi connectivity index (χ2v) is 4.69. The lowest BCUT2D eigenvalue weighted by molar-refractivity contribution is 0.147. The van der Waals surface area contributed by atoms with Crippen LogP contribution in [0, 0.1) is 0 Å². The lowest BCUT2D eigenvalue weighted by atomic mass is 10.0. The summed E-state index contributed by atoms with van der Waals surface area (Å²) in [5.74, 6) is 0. The number of H-pyrrole nitrogens is 1. The standard InChI is InChI=1S/C12H16N4O3/c1-12(4-17,5-18)16-10-3-9-7(2-8(10)13)11(19)15-6-14-9/h2-3,6,16-18H,4-5,13H2,1H3,(H,14,15,19). The van der Waals surface area contributed by atoms with Gasteiger partial charge in [-0.25, -0.2) is 4.98 Å². The largest absolute Gasteiger partial charge is 0.397 e. The number of nitrogens with one attached hydrogen (secondary N) is 2. The second-order valence-electron chi connectivity index (χ2n) is 4.69. The molecule has 1 aromatic heterocycles. The summed E-state index contributed by atoms with van der Waals surface area (Å²) >= 11 is 0. The maximum atomic E-state index is 11.6. The van der Waals surface area contributed by atoms with Crippen LogP contribution >= 0.6 is 0 Å². The van der Waals surface area contributed by atoms with Gasteiger partial charge in [0, 0.05) is 0 Å². The van der Waals surface area contributed by atoms with Crippen LogP contribution in [-0.4, -0.2) is 38.9 Å². The van der Waals surface area contributed by atoms with E-state index >= 15 is 0 Å². The molecule has 19 heavy (non-hydrogen) atoms. The average molecular weight is 264 g/mol. The van der Waals surface area contributed by atoms with E-state index in [0.717, 1.165) is 0 Å². The van der Waals surface area contributed by atoms with Crippen LogP contribution < -0.4 is 16.6 Å². The molecule has 1 aromatic carbocycles. The van der Waals surface area contributed by atoms with Gasteiger partial charge in [-0.2, -0.15) is 0 Å². The number of aromatic amines is 1. The Morgan fingerprint density at radius 1 is 1.42 bits per heavy atom. The molecule has 102 valence electrons. The van der Waals surface area contributed by atoms with E-state index in [4.69, 9.17) is 5.73 Å². The number of aromatic nitrogens is 2. The first-order chi connectivity index (χ1) is 8.99. The Labute approximate surface area is 109 Å². The van der Waals surface area contributed by atoms with E-state index in [-0.39, 0.29) is 18.8 Å². The molecule has 2 rings (SSSR count). The molecule has 0 spiro atoms. The highest BCUT2D eigenvalue weighted by atomic mass is 16.3. The topological polar surface area (TPSA) is 124 Å². The van der Waals surface area contributed by atoms with Crippen molar-refractivity contribution in [3.63, 3.8) is 0 Å². The SMILES string of the molecule is CC(CO)(CO)Nc1cc2nc[nH]c(=O)c2cc1N. The summed E-state index contributed by atoms with van der Waals surface area (Å²) in [5, 5.41) is 21.9. The highest BCUT2D eigenvalue weighted by Crippen LogP contribution is 2.25. The molecular weight excluding hydrogens is 248 g/mol. The van der Waals surface area contributed by atoms with E-state index in [0.29, 0.717) is 22.3 Å². The van der Waals surface area contributed by atoms with Gasteiger partial charge in [0.05, 0.1) is 47.4 Å². The van der Waals surface area contributed by atoms with Crippen LogP contribution in [0.3, 0.4) is 0 Å². The third-order valence-electron chi connectivity index (χ3n) is 2.95. The Kier molecular flexibility index (Phi) is 3.41. The number of rotatable bonds is 4. The molecule has 0 aliphatic carbocycles. The fourth-order valence-corrected chi connectivity index (χ4v) is 1.69. The number of nitrogens with zero attached hydrogens (tertiary/aromatic N) is 1. The highest BCUT2D eigenvalue weighted by Gasteiger charge is 2.23. The predicted octanol–water partition coefficient (Wildman–Crippen LogP) is -0.340. The van der Waals surface area contributed by atoms with E-state index in [1.165, 1.54) is 12.4 Å². The van der Waals surface area contributed by atoms with E-state index in [9.17, 15) is 15.0 Å². The van der Waals surface area contributed by atoms with Crippen LogP contribution in [0.4, 0.5) is 11.4 Å². The second kappa shape index (κ2) is 4.87. The average Bonchev–Trinajstić information content (AvgIpc) is 2.41. The van der Waals surface area contributed by atoms with Gasteiger partial charge in [0.25, 0.3) is 5.56 Å². The van der Waals surface area contributed by atoms with Crippen molar-refractivity contribution in [1.29, 1.82) is 0 Å². The molecule has 0 radical (unpaired) electrons. The maximum Gasteiger partial charge on any atom is 0.258 e. The summed E-state index contributed by atoms with van der Waals surface area (Å²) in [5.41, 5.74) is 6.04. The molecule has 0 unspecified atom stereocenters. The molecule has 2 aromatic rings. The number of benzene rings is 1. The number of nitrogen functional groups attached to an aromatic ring is 1. The summed E-state index contributed by atoms with van der Waals surface area (Å²) < 4.78 is 0. The van der Waals surface area contributed by atoms with Gasteiger partial charge in [0.15, 0.2) is 0 Å². The Hall–Kier alpha value is -2.12. The molecule has 0 saturated heterocycles. The summed E-state index contributed by atoms with van der Waals surface area (Å²) in [6, 6.07) is 3.13. The summed E-state index contributed by atoms with van der Waals surface area (Å²) in [6.45, 7) is 1.13. The summed E-state index contributed by atoms with van der Waals surface area (Å²) in [7, 11) is 0. The Bertz CT molecular complexity index is 649.